The van der Waals surface area contributed by atoms with Crippen molar-refractivity contribution in [3.63, 3.8) is 0 Å². The summed E-state index contributed by atoms with van der Waals surface area (Å²) in [7, 11) is -3.60. The highest BCUT2D eigenvalue weighted by Gasteiger charge is 2.29. The first-order valence-corrected chi connectivity index (χ1v) is 11.7. The Morgan fingerprint density at radius 1 is 1.03 bits per heavy atom. The van der Waals surface area contributed by atoms with E-state index in [9.17, 15) is 8.42 Å². The molecule has 1 fully saturated rings. The minimum atomic E-state index is -3.60. The summed E-state index contributed by atoms with van der Waals surface area (Å²) in [6.07, 6.45) is 2.53. The fraction of sp³-hybridized carbons (Fsp3) is 0.571. The van der Waals surface area contributed by atoms with Crippen LogP contribution in [0.25, 0.3) is 0 Å². The molecule has 2 aliphatic heterocycles. The average Bonchev–Trinajstić information content (AvgIpc) is 3.06. The molecule has 0 unspecified atom stereocenters. The van der Waals surface area contributed by atoms with Crippen LogP contribution in [0.5, 0.6) is 11.5 Å². The molecule has 0 N–H and O–H groups in total. The Morgan fingerprint density at radius 3 is 2.53 bits per heavy atom. The Balaban J connectivity index is 1.43. The van der Waals surface area contributed by atoms with Crippen molar-refractivity contribution in [1.29, 1.82) is 0 Å². The highest BCUT2D eigenvalue weighted by atomic mass is 32.2. The van der Waals surface area contributed by atoms with Gasteiger partial charge < -0.3 is 13.9 Å². The van der Waals surface area contributed by atoms with Crippen LogP contribution in [0.1, 0.15) is 38.8 Å². The number of sulfonamides is 1. The van der Waals surface area contributed by atoms with Crippen molar-refractivity contribution >= 4 is 10.0 Å². The molecule has 30 heavy (non-hydrogen) atoms. The van der Waals surface area contributed by atoms with E-state index in [1.165, 1.54) is 0 Å². The molecule has 1 saturated heterocycles. The molecule has 0 spiro atoms. The molecule has 0 amide bonds. The van der Waals surface area contributed by atoms with Crippen molar-refractivity contribution in [2.24, 2.45) is 0 Å². The third-order valence-electron chi connectivity index (χ3n) is 5.35. The maximum atomic E-state index is 13.2. The van der Waals surface area contributed by atoms with E-state index in [0.29, 0.717) is 56.8 Å². The van der Waals surface area contributed by atoms with Gasteiger partial charge in [0.1, 0.15) is 19.0 Å². The number of hydrogen-bond acceptors (Lipinski definition) is 7. The highest BCUT2D eigenvalue weighted by Crippen LogP contribution is 2.33. The van der Waals surface area contributed by atoms with Crippen LogP contribution < -0.4 is 9.47 Å². The fourth-order valence-electron chi connectivity index (χ4n) is 3.60. The fourth-order valence-corrected chi connectivity index (χ4v) is 5.09. The van der Waals surface area contributed by atoms with Gasteiger partial charge in [-0.05, 0) is 25.1 Å². The smallest absolute Gasteiger partial charge is 0.243 e. The Labute approximate surface area is 177 Å². The maximum Gasteiger partial charge on any atom is 0.243 e. The van der Waals surface area contributed by atoms with E-state index in [2.05, 4.69) is 30.7 Å². The van der Waals surface area contributed by atoms with E-state index in [1.807, 2.05) is 0 Å². The molecule has 4 rings (SSSR count). The van der Waals surface area contributed by atoms with Crippen molar-refractivity contribution in [2.75, 3.05) is 39.4 Å². The predicted octanol–water partition coefficient (Wildman–Crippen LogP) is 2.64. The van der Waals surface area contributed by atoms with Gasteiger partial charge in [-0.1, -0.05) is 20.8 Å². The molecular weight excluding hydrogens is 406 g/mol. The van der Waals surface area contributed by atoms with Gasteiger partial charge in [0.2, 0.25) is 15.9 Å². The summed E-state index contributed by atoms with van der Waals surface area (Å²) in [6, 6.07) is 4.82. The van der Waals surface area contributed by atoms with Crippen molar-refractivity contribution in [2.45, 2.75) is 44.0 Å². The van der Waals surface area contributed by atoms with Crippen LogP contribution in [0, 0.1) is 0 Å². The molecule has 0 atom stereocenters. The average molecular weight is 436 g/mol. The first-order valence-electron chi connectivity index (χ1n) is 10.3. The maximum absolute atomic E-state index is 13.2. The largest absolute Gasteiger partial charge is 0.486 e. The molecule has 2 aliphatic rings. The van der Waals surface area contributed by atoms with E-state index in [0.717, 1.165) is 18.7 Å². The van der Waals surface area contributed by atoms with Crippen LogP contribution in [0.2, 0.25) is 0 Å². The van der Waals surface area contributed by atoms with Crippen LogP contribution in [-0.4, -0.2) is 62.0 Å². The second-order valence-corrected chi connectivity index (χ2v) is 10.6. The third kappa shape index (κ3) is 4.48. The van der Waals surface area contributed by atoms with Crippen molar-refractivity contribution in [3.05, 3.63) is 36.0 Å². The number of fused-ring (bicyclic) bond motifs is 1. The summed E-state index contributed by atoms with van der Waals surface area (Å²) in [5.74, 6) is 2.60. The van der Waals surface area contributed by atoms with Crippen LogP contribution in [0.4, 0.5) is 0 Å². The summed E-state index contributed by atoms with van der Waals surface area (Å²) < 4.78 is 44.9. The van der Waals surface area contributed by atoms with Gasteiger partial charge in [-0.2, -0.15) is 4.31 Å². The van der Waals surface area contributed by atoms with Gasteiger partial charge in [0.15, 0.2) is 11.5 Å². The molecule has 0 radical (unpaired) electrons. The summed E-state index contributed by atoms with van der Waals surface area (Å²) in [6.45, 7) is 10.0. The van der Waals surface area contributed by atoms with Gasteiger partial charge in [0, 0.05) is 31.1 Å². The number of rotatable bonds is 4. The topological polar surface area (TPSA) is 85.1 Å². The Hall–Kier alpha value is -2.10. The molecular formula is C21H29N3O5S. The SMILES string of the molecule is CC(C)(C)c1cnc(CN2CCCN(S(=O)(=O)c3ccc4c(c3)OCCO4)CC2)o1. The van der Waals surface area contributed by atoms with Gasteiger partial charge in [-0.3, -0.25) is 4.90 Å². The van der Waals surface area contributed by atoms with Gasteiger partial charge in [0.05, 0.1) is 17.6 Å². The summed E-state index contributed by atoms with van der Waals surface area (Å²) >= 11 is 0. The molecule has 164 valence electrons. The lowest BCUT2D eigenvalue weighted by atomic mass is 9.94. The first-order chi connectivity index (χ1) is 14.2. The summed E-state index contributed by atoms with van der Waals surface area (Å²) in [5, 5.41) is 0. The van der Waals surface area contributed by atoms with Crippen molar-refractivity contribution < 1.29 is 22.3 Å². The lowest BCUT2D eigenvalue weighted by Crippen LogP contribution is -2.35. The standard InChI is InChI=1S/C21H29N3O5S/c1-21(2,3)19-14-22-20(29-19)15-23-7-4-8-24(10-9-23)30(25,26)16-5-6-17-18(13-16)28-12-11-27-17/h5-6,13-14H,4,7-12,15H2,1-3H3. The minimum absolute atomic E-state index is 0.0848. The number of benzene rings is 1. The molecule has 0 saturated carbocycles. The Kier molecular flexibility index (Phi) is 5.78. The lowest BCUT2D eigenvalue weighted by molar-refractivity contribution is 0.171. The first kappa shape index (κ1) is 21.1. The lowest BCUT2D eigenvalue weighted by Gasteiger charge is -2.23. The predicted molar refractivity (Wildman–Crippen MR) is 111 cm³/mol. The Bertz CT molecular complexity index is 996. The number of nitrogens with zero attached hydrogens (tertiary/aromatic N) is 3. The van der Waals surface area contributed by atoms with Crippen LogP contribution in [0.15, 0.2) is 33.7 Å². The van der Waals surface area contributed by atoms with E-state index in [-0.39, 0.29) is 10.3 Å². The van der Waals surface area contributed by atoms with Crippen molar-refractivity contribution in [1.82, 2.24) is 14.2 Å². The normalized spacial score (nSPS) is 18.9. The third-order valence-corrected chi connectivity index (χ3v) is 7.25. The molecule has 8 nitrogen and oxygen atoms in total. The second kappa shape index (κ2) is 8.20. The van der Waals surface area contributed by atoms with Gasteiger partial charge >= 0.3 is 0 Å². The van der Waals surface area contributed by atoms with E-state index in [4.69, 9.17) is 13.9 Å². The van der Waals surface area contributed by atoms with Gasteiger partial charge in [-0.25, -0.2) is 13.4 Å². The number of aromatic nitrogens is 1. The molecule has 2 aromatic rings. The highest BCUT2D eigenvalue weighted by molar-refractivity contribution is 7.89. The second-order valence-electron chi connectivity index (χ2n) is 8.71. The van der Waals surface area contributed by atoms with Crippen LogP contribution >= 0.6 is 0 Å². The number of oxazole rings is 1. The molecule has 0 bridgehead atoms. The van der Waals surface area contributed by atoms with E-state index >= 15 is 0 Å². The zero-order valence-electron chi connectivity index (χ0n) is 17.8. The quantitative estimate of drug-likeness (QED) is 0.730. The number of hydrogen-bond donors (Lipinski definition) is 0. The van der Waals surface area contributed by atoms with E-state index in [1.54, 1.807) is 28.7 Å². The molecule has 9 heteroatoms. The minimum Gasteiger partial charge on any atom is -0.486 e. The van der Waals surface area contributed by atoms with Crippen LogP contribution in [0.3, 0.4) is 0 Å². The van der Waals surface area contributed by atoms with Crippen LogP contribution in [-0.2, 0) is 22.0 Å². The van der Waals surface area contributed by atoms with Crippen molar-refractivity contribution in [3.8, 4) is 11.5 Å². The van der Waals surface area contributed by atoms with Gasteiger partial charge in [-0.15, -0.1) is 0 Å². The number of ether oxygens (including phenoxy) is 2. The summed E-state index contributed by atoms with van der Waals surface area (Å²) in [5.41, 5.74) is -0.0848. The van der Waals surface area contributed by atoms with E-state index < -0.39 is 10.0 Å². The molecule has 0 aliphatic carbocycles. The zero-order chi connectivity index (χ0) is 21.4. The molecule has 1 aromatic carbocycles. The Morgan fingerprint density at radius 2 is 1.80 bits per heavy atom. The zero-order valence-corrected chi connectivity index (χ0v) is 18.6. The molecule has 1 aromatic heterocycles. The van der Waals surface area contributed by atoms with Gasteiger partial charge in [0.25, 0.3) is 0 Å². The summed E-state index contributed by atoms with van der Waals surface area (Å²) in [4.78, 5) is 6.83. The molecule has 3 heterocycles. The monoisotopic (exact) mass is 435 g/mol.